The van der Waals surface area contributed by atoms with Gasteiger partial charge >= 0.3 is 12.1 Å². The fourth-order valence-corrected chi connectivity index (χ4v) is 6.06. The first kappa shape index (κ1) is 30.0. The average molecular weight is 627 g/mol. The van der Waals surface area contributed by atoms with E-state index < -0.39 is 17.7 Å². The van der Waals surface area contributed by atoms with Crippen molar-refractivity contribution in [2.24, 2.45) is 4.99 Å². The van der Waals surface area contributed by atoms with Crippen LogP contribution in [0.1, 0.15) is 39.7 Å². The number of amidine groups is 1. The van der Waals surface area contributed by atoms with Crippen molar-refractivity contribution in [1.82, 2.24) is 9.88 Å². The summed E-state index contributed by atoms with van der Waals surface area (Å²) in [5.41, 5.74) is 1.45. The highest BCUT2D eigenvalue weighted by atomic mass is 35.5. The monoisotopic (exact) mass is 626 g/mol. The molecule has 13 heteroatoms. The summed E-state index contributed by atoms with van der Waals surface area (Å²) in [7, 11) is 0. The quantitative estimate of drug-likeness (QED) is 0.213. The Bertz CT molecular complexity index is 1860. The maximum atomic E-state index is 13.4. The molecule has 0 aliphatic carbocycles. The van der Waals surface area contributed by atoms with Crippen LogP contribution >= 0.6 is 22.9 Å². The Balaban J connectivity index is 1.46. The number of aliphatic hydroxyl groups is 1. The minimum absolute atomic E-state index is 0.0168. The number of nitrogens with zero attached hydrogens (tertiary/aromatic N) is 4. The Morgan fingerprint density at radius 3 is 2.67 bits per heavy atom. The molecule has 2 N–H and O–H groups in total. The highest BCUT2D eigenvalue weighted by Gasteiger charge is 2.34. The summed E-state index contributed by atoms with van der Waals surface area (Å²) in [6, 6.07) is 10.3. The Morgan fingerprint density at radius 2 is 2.00 bits per heavy atom. The van der Waals surface area contributed by atoms with Gasteiger partial charge < -0.3 is 19.8 Å². The maximum Gasteiger partial charge on any atom is 0.416 e. The molecule has 1 aliphatic heterocycles. The van der Waals surface area contributed by atoms with Crippen LogP contribution in [0.5, 0.6) is 5.75 Å². The van der Waals surface area contributed by atoms with E-state index in [1.165, 1.54) is 16.7 Å². The van der Waals surface area contributed by atoms with Crippen molar-refractivity contribution in [3.63, 3.8) is 0 Å². The van der Waals surface area contributed by atoms with E-state index in [-0.39, 0.29) is 48.6 Å². The van der Waals surface area contributed by atoms with Gasteiger partial charge in [0.2, 0.25) is 0 Å². The molecular formula is C30H22ClF3N4O4S. The topological polar surface area (TPSA) is 119 Å². The van der Waals surface area contributed by atoms with Gasteiger partial charge in [0.25, 0.3) is 0 Å². The number of aromatic nitrogens is 1. The molecule has 0 spiro atoms. The number of hydrogen-bond donors (Lipinski definition) is 2. The molecule has 0 bridgehead atoms. The number of alkyl halides is 3. The number of hydrogen-bond acceptors (Lipinski definition) is 8. The van der Waals surface area contributed by atoms with Gasteiger partial charge in [0.1, 0.15) is 18.2 Å². The first-order valence-electron chi connectivity index (χ1n) is 12.8. The highest BCUT2D eigenvalue weighted by Crippen LogP contribution is 2.42. The van der Waals surface area contributed by atoms with Crippen molar-refractivity contribution in [2.75, 3.05) is 19.8 Å². The number of aliphatic hydroxyl groups excluding tert-OH is 1. The summed E-state index contributed by atoms with van der Waals surface area (Å²) in [6.07, 6.45) is -4.43. The molecule has 0 atom stereocenters. The predicted molar refractivity (Wildman–Crippen MR) is 158 cm³/mol. The average Bonchev–Trinajstić information content (AvgIpc) is 3.38. The lowest BCUT2D eigenvalue weighted by molar-refractivity contribution is -0.137. The molecule has 0 unspecified atom stereocenters. The van der Waals surface area contributed by atoms with Gasteiger partial charge in [0.15, 0.2) is 0 Å². The van der Waals surface area contributed by atoms with E-state index in [2.05, 4.69) is 16.6 Å². The lowest BCUT2D eigenvalue weighted by Gasteiger charge is -2.31. The molecule has 5 rings (SSSR count). The summed E-state index contributed by atoms with van der Waals surface area (Å²) in [5.74, 6) is -0.310. The van der Waals surface area contributed by atoms with E-state index in [1.807, 2.05) is 6.07 Å². The van der Waals surface area contributed by atoms with Crippen LogP contribution in [-0.2, 0) is 12.6 Å². The van der Waals surface area contributed by atoms with Crippen LogP contribution in [0.15, 0.2) is 53.3 Å². The van der Waals surface area contributed by atoms with Crippen LogP contribution in [-0.4, -0.2) is 51.7 Å². The molecule has 220 valence electrons. The molecule has 4 aromatic rings. The van der Waals surface area contributed by atoms with Gasteiger partial charge in [0, 0.05) is 51.5 Å². The van der Waals surface area contributed by atoms with Gasteiger partial charge in [-0.1, -0.05) is 18.2 Å². The first-order valence-corrected chi connectivity index (χ1v) is 14.0. The highest BCUT2D eigenvalue weighted by molar-refractivity contribution is 7.18. The van der Waals surface area contributed by atoms with E-state index in [4.69, 9.17) is 16.3 Å². The fourth-order valence-electron chi connectivity index (χ4n) is 4.87. The molecule has 1 aliphatic rings. The number of carboxylic acids is 1. The number of carboxylic acid groups (broad SMARTS) is 1. The third-order valence-corrected chi connectivity index (χ3v) is 8.07. The summed E-state index contributed by atoms with van der Waals surface area (Å²) in [5, 5.41) is 30.7. The van der Waals surface area contributed by atoms with Crippen molar-refractivity contribution in [3.8, 4) is 22.9 Å². The first-order chi connectivity index (χ1) is 20.4. The van der Waals surface area contributed by atoms with E-state index >= 15 is 0 Å². The Hall–Kier alpha value is -4.44. The van der Waals surface area contributed by atoms with Gasteiger partial charge in [-0.2, -0.15) is 18.4 Å². The van der Waals surface area contributed by atoms with Gasteiger partial charge in [-0.3, -0.25) is 4.98 Å². The number of pyridine rings is 1. The minimum Gasteiger partial charge on any atom is -0.491 e. The van der Waals surface area contributed by atoms with Crippen LogP contribution in [0.25, 0.3) is 27.0 Å². The number of halogens is 4. The molecule has 0 saturated carbocycles. The fraction of sp³-hybridized carbons (Fsp3) is 0.200. The maximum absolute atomic E-state index is 13.4. The molecule has 2 aromatic heterocycles. The van der Waals surface area contributed by atoms with E-state index in [0.717, 1.165) is 12.1 Å². The summed E-state index contributed by atoms with van der Waals surface area (Å²) in [4.78, 5) is 22.3. The lowest BCUT2D eigenvalue weighted by atomic mass is 9.97. The zero-order valence-corrected chi connectivity index (χ0v) is 24.1. The van der Waals surface area contributed by atoms with Crippen molar-refractivity contribution in [3.05, 3.63) is 81.3 Å². The van der Waals surface area contributed by atoms with Gasteiger partial charge in [-0.15, -0.1) is 11.3 Å². The standard InChI is InChI=1S/C30H22ClF3N4O4S/c1-15-26-17(13-35)9-18(30(32,33)34)10-24(26)36-16(2)38(15)6-8-42-25-4-3-19(31)11-21(25)22-12-20(5-7-39)37-27-23(29(40)41)14-43-28(22)27/h3-4,9-12,14,39H,1,5-8H2,2H3,(H,40,41). The molecular weight excluding hydrogens is 605 g/mol. The second-order valence-electron chi connectivity index (χ2n) is 9.54. The summed E-state index contributed by atoms with van der Waals surface area (Å²) >= 11 is 7.56. The zero-order valence-electron chi connectivity index (χ0n) is 22.5. The second-order valence-corrected chi connectivity index (χ2v) is 10.9. The van der Waals surface area contributed by atoms with Crippen LogP contribution in [0, 0.1) is 11.3 Å². The van der Waals surface area contributed by atoms with Gasteiger partial charge in [-0.05, 0) is 43.3 Å². The molecule has 2 aromatic carbocycles. The molecule has 3 heterocycles. The number of aliphatic imine (C=N–C) groups is 1. The smallest absolute Gasteiger partial charge is 0.416 e. The SMILES string of the molecule is C=C1c2c(C#N)cc(C(F)(F)F)cc2N=C(C)N1CCOc1ccc(Cl)cc1-c1cc(CCO)nc2c(C(=O)O)csc12. The Kier molecular flexibility index (Phi) is 8.16. The Labute approximate surface area is 252 Å². The zero-order chi connectivity index (χ0) is 31.1. The van der Waals surface area contributed by atoms with Crippen LogP contribution in [0.3, 0.4) is 0 Å². The lowest BCUT2D eigenvalue weighted by Crippen LogP contribution is -2.33. The molecule has 8 nitrogen and oxygen atoms in total. The number of rotatable bonds is 8. The number of carbonyl (C=O) groups is 1. The Morgan fingerprint density at radius 1 is 1.23 bits per heavy atom. The molecule has 0 radical (unpaired) electrons. The van der Waals surface area contributed by atoms with E-state index in [9.17, 15) is 33.4 Å². The van der Waals surface area contributed by atoms with E-state index in [0.29, 0.717) is 49.3 Å². The molecule has 0 saturated heterocycles. The predicted octanol–water partition coefficient (Wildman–Crippen LogP) is 7.16. The molecule has 0 fully saturated rings. The normalized spacial score (nSPS) is 13.1. The van der Waals surface area contributed by atoms with Crippen molar-refractivity contribution >= 4 is 56.3 Å². The van der Waals surface area contributed by atoms with E-state index in [1.54, 1.807) is 36.1 Å². The largest absolute Gasteiger partial charge is 0.491 e. The third-order valence-electron chi connectivity index (χ3n) is 6.83. The number of nitriles is 1. The number of benzene rings is 2. The van der Waals surface area contributed by atoms with Crippen LogP contribution in [0.4, 0.5) is 18.9 Å². The number of ether oxygens (including phenoxy) is 1. The second kappa shape index (κ2) is 11.7. The van der Waals surface area contributed by atoms with Gasteiger partial charge in [0.05, 0.1) is 45.2 Å². The van der Waals surface area contributed by atoms with Crippen LogP contribution < -0.4 is 4.74 Å². The summed E-state index contributed by atoms with van der Waals surface area (Å²) < 4.78 is 46.9. The number of aromatic carboxylic acids is 1. The third kappa shape index (κ3) is 5.79. The van der Waals surface area contributed by atoms with Crippen molar-refractivity contribution in [1.29, 1.82) is 5.26 Å². The minimum atomic E-state index is -4.63. The van der Waals surface area contributed by atoms with Crippen molar-refractivity contribution in [2.45, 2.75) is 19.5 Å². The molecule has 43 heavy (non-hydrogen) atoms. The number of fused-ring (bicyclic) bond motifs is 2. The number of thiophene rings is 1. The summed E-state index contributed by atoms with van der Waals surface area (Å²) in [6.45, 7) is 5.76. The molecule has 0 amide bonds. The van der Waals surface area contributed by atoms with Crippen molar-refractivity contribution < 1.29 is 32.9 Å². The van der Waals surface area contributed by atoms with Gasteiger partial charge in [-0.25, -0.2) is 9.79 Å². The van der Waals surface area contributed by atoms with Crippen LogP contribution in [0.2, 0.25) is 5.02 Å².